The number of primary amides is 1. The Morgan fingerprint density at radius 1 is 1.08 bits per heavy atom. The van der Waals surface area contributed by atoms with Gasteiger partial charge in [0.15, 0.2) is 5.76 Å². The predicted octanol–water partition coefficient (Wildman–Crippen LogP) is 4.26. The maximum absolute atomic E-state index is 12.4. The van der Waals surface area contributed by atoms with Gasteiger partial charge in [0, 0.05) is 16.8 Å². The molecule has 0 spiro atoms. The van der Waals surface area contributed by atoms with Gasteiger partial charge in [-0.1, -0.05) is 23.7 Å². The fraction of sp³-hybridized carbons (Fsp3) is 0.0526. The molecule has 6 heteroatoms. The van der Waals surface area contributed by atoms with Crippen molar-refractivity contribution in [2.45, 2.75) is 6.92 Å². The molecule has 3 rings (SSSR count). The summed E-state index contributed by atoms with van der Waals surface area (Å²) in [7, 11) is 0. The van der Waals surface area contributed by atoms with Crippen LogP contribution in [0.15, 0.2) is 59.0 Å². The molecule has 1 heterocycles. The molecule has 2 amide bonds. The van der Waals surface area contributed by atoms with E-state index in [1.54, 1.807) is 43.3 Å². The minimum absolute atomic E-state index is 0.160. The third-order valence-electron chi connectivity index (χ3n) is 3.73. The van der Waals surface area contributed by atoms with Crippen LogP contribution in [0.3, 0.4) is 0 Å². The number of amides is 2. The van der Waals surface area contributed by atoms with Crippen molar-refractivity contribution in [3.8, 4) is 11.3 Å². The predicted molar refractivity (Wildman–Crippen MR) is 96.8 cm³/mol. The van der Waals surface area contributed by atoms with Crippen LogP contribution in [0.5, 0.6) is 0 Å². The molecule has 3 N–H and O–H groups in total. The maximum atomic E-state index is 12.4. The lowest BCUT2D eigenvalue weighted by atomic mass is 10.1. The van der Waals surface area contributed by atoms with Gasteiger partial charge < -0.3 is 15.5 Å². The van der Waals surface area contributed by atoms with Crippen LogP contribution in [0.2, 0.25) is 5.02 Å². The zero-order valence-electron chi connectivity index (χ0n) is 13.4. The molecule has 0 aliphatic rings. The van der Waals surface area contributed by atoms with Crippen LogP contribution in [0.1, 0.15) is 26.5 Å². The van der Waals surface area contributed by atoms with Gasteiger partial charge in [-0.15, -0.1) is 0 Å². The number of hydrogen-bond acceptors (Lipinski definition) is 3. The lowest BCUT2D eigenvalue weighted by Crippen LogP contribution is -2.14. The molecule has 5 nitrogen and oxygen atoms in total. The first-order valence-corrected chi connectivity index (χ1v) is 7.90. The molecule has 0 unspecified atom stereocenters. The first-order valence-electron chi connectivity index (χ1n) is 7.52. The number of carbonyl (C=O) groups excluding carboxylic acids is 2. The molecule has 126 valence electrons. The molecule has 0 radical (unpaired) electrons. The SMILES string of the molecule is Cc1cc(C(N)=O)ccc1NC(=O)c1ccc(-c2ccccc2Cl)o1. The second kappa shape index (κ2) is 6.83. The second-order valence-corrected chi connectivity index (χ2v) is 5.90. The molecule has 0 saturated carbocycles. The Kier molecular flexibility index (Phi) is 4.59. The Morgan fingerprint density at radius 3 is 2.52 bits per heavy atom. The molecule has 25 heavy (non-hydrogen) atoms. The molecule has 0 saturated heterocycles. The van der Waals surface area contributed by atoms with Crippen LogP contribution < -0.4 is 11.1 Å². The summed E-state index contributed by atoms with van der Waals surface area (Å²) in [4.78, 5) is 23.6. The van der Waals surface area contributed by atoms with Crippen molar-refractivity contribution in [2.75, 3.05) is 5.32 Å². The maximum Gasteiger partial charge on any atom is 0.291 e. The number of carbonyl (C=O) groups is 2. The molecular weight excluding hydrogens is 340 g/mol. The summed E-state index contributed by atoms with van der Waals surface area (Å²) < 4.78 is 5.62. The van der Waals surface area contributed by atoms with E-state index in [2.05, 4.69) is 5.32 Å². The van der Waals surface area contributed by atoms with Gasteiger partial charge in [-0.3, -0.25) is 9.59 Å². The highest BCUT2D eigenvalue weighted by molar-refractivity contribution is 6.33. The highest BCUT2D eigenvalue weighted by Crippen LogP contribution is 2.29. The van der Waals surface area contributed by atoms with Gasteiger partial charge in [0.1, 0.15) is 5.76 Å². The Balaban J connectivity index is 1.81. The summed E-state index contributed by atoms with van der Waals surface area (Å²) in [6, 6.07) is 15.3. The van der Waals surface area contributed by atoms with E-state index in [4.69, 9.17) is 21.8 Å². The quantitative estimate of drug-likeness (QED) is 0.734. The van der Waals surface area contributed by atoms with Gasteiger partial charge in [-0.05, 0) is 55.0 Å². The Bertz CT molecular complexity index is 963. The third kappa shape index (κ3) is 3.56. The van der Waals surface area contributed by atoms with E-state index < -0.39 is 11.8 Å². The molecule has 0 fully saturated rings. The smallest absolute Gasteiger partial charge is 0.291 e. The van der Waals surface area contributed by atoms with Gasteiger partial charge in [-0.2, -0.15) is 0 Å². The van der Waals surface area contributed by atoms with Gasteiger partial charge in [0.05, 0.1) is 5.02 Å². The number of hydrogen-bond donors (Lipinski definition) is 2. The Labute approximate surface area is 149 Å². The molecule has 1 aromatic heterocycles. The Hall–Kier alpha value is -3.05. The van der Waals surface area contributed by atoms with Gasteiger partial charge >= 0.3 is 0 Å². The molecule has 0 bridgehead atoms. The first-order chi connectivity index (χ1) is 12.0. The molecule has 2 aromatic carbocycles. The molecule has 0 aliphatic heterocycles. The zero-order valence-corrected chi connectivity index (χ0v) is 14.1. The summed E-state index contributed by atoms with van der Waals surface area (Å²) in [5.41, 5.74) is 7.64. The lowest BCUT2D eigenvalue weighted by Gasteiger charge is -2.08. The van der Waals surface area contributed by atoms with Crippen molar-refractivity contribution in [3.05, 3.63) is 76.5 Å². The summed E-state index contributed by atoms with van der Waals surface area (Å²) in [6.07, 6.45) is 0. The highest BCUT2D eigenvalue weighted by atomic mass is 35.5. The Morgan fingerprint density at radius 2 is 1.84 bits per heavy atom. The van der Waals surface area contributed by atoms with E-state index in [0.717, 1.165) is 5.56 Å². The zero-order chi connectivity index (χ0) is 18.0. The average Bonchev–Trinajstić information content (AvgIpc) is 3.07. The average molecular weight is 355 g/mol. The first kappa shape index (κ1) is 16.8. The minimum atomic E-state index is -0.517. The number of halogens is 1. The van der Waals surface area contributed by atoms with Crippen LogP contribution in [0.4, 0.5) is 5.69 Å². The number of nitrogens with two attached hydrogens (primary N) is 1. The summed E-state index contributed by atoms with van der Waals surface area (Å²) in [5, 5.41) is 3.30. The normalized spacial score (nSPS) is 10.5. The van der Waals surface area contributed by atoms with E-state index in [1.165, 1.54) is 0 Å². The van der Waals surface area contributed by atoms with Gasteiger partial charge in [-0.25, -0.2) is 0 Å². The van der Waals surface area contributed by atoms with E-state index in [-0.39, 0.29) is 5.76 Å². The van der Waals surface area contributed by atoms with Crippen molar-refractivity contribution < 1.29 is 14.0 Å². The van der Waals surface area contributed by atoms with Crippen LogP contribution in [0, 0.1) is 6.92 Å². The van der Waals surface area contributed by atoms with Crippen LogP contribution in [-0.2, 0) is 0 Å². The topological polar surface area (TPSA) is 85.3 Å². The van der Waals surface area contributed by atoms with Crippen molar-refractivity contribution in [3.63, 3.8) is 0 Å². The molecule has 0 aliphatic carbocycles. The lowest BCUT2D eigenvalue weighted by molar-refractivity contribution is 0.0992. The number of rotatable bonds is 4. The van der Waals surface area contributed by atoms with Crippen molar-refractivity contribution in [2.24, 2.45) is 5.73 Å². The number of furan rings is 1. The highest BCUT2D eigenvalue weighted by Gasteiger charge is 2.15. The van der Waals surface area contributed by atoms with Crippen LogP contribution in [0.25, 0.3) is 11.3 Å². The van der Waals surface area contributed by atoms with Crippen LogP contribution in [-0.4, -0.2) is 11.8 Å². The van der Waals surface area contributed by atoms with Crippen molar-refractivity contribution >= 4 is 29.1 Å². The van der Waals surface area contributed by atoms with E-state index >= 15 is 0 Å². The van der Waals surface area contributed by atoms with Gasteiger partial charge in [0.2, 0.25) is 5.91 Å². The molecule has 0 atom stereocenters. The molecular formula is C19H15ClN2O3. The number of benzene rings is 2. The van der Waals surface area contributed by atoms with Gasteiger partial charge in [0.25, 0.3) is 5.91 Å². The standard InChI is InChI=1S/C19H15ClN2O3/c1-11-10-12(18(21)23)6-7-15(11)22-19(24)17-9-8-16(25-17)13-4-2-3-5-14(13)20/h2-10H,1H3,(H2,21,23)(H,22,24). The third-order valence-corrected chi connectivity index (χ3v) is 4.06. The van der Waals surface area contributed by atoms with E-state index in [9.17, 15) is 9.59 Å². The monoisotopic (exact) mass is 354 g/mol. The number of aryl methyl sites for hydroxylation is 1. The van der Waals surface area contributed by atoms with Crippen LogP contribution >= 0.6 is 11.6 Å². The largest absolute Gasteiger partial charge is 0.451 e. The number of anilines is 1. The second-order valence-electron chi connectivity index (χ2n) is 5.49. The number of nitrogens with one attached hydrogen (secondary N) is 1. The fourth-order valence-electron chi connectivity index (χ4n) is 2.41. The van der Waals surface area contributed by atoms with Crippen molar-refractivity contribution in [1.82, 2.24) is 0 Å². The summed E-state index contributed by atoms with van der Waals surface area (Å²) in [6.45, 7) is 1.78. The summed E-state index contributed by atoms with van der Waals surface area (Å²) >= 11 is 6.14. The minimum Gasteiger partial charge on any atom is -0.451 e. The fourth-order valence-corrected chi connectivity index (χ4v) is 2.64. The van der Waals surface area contributed by atoms with E-state index in [0.29, 0.717) is 27.6 Å². The van der Waals surface area contributed by atoms with Crippen molar-refractivity contribution in [1.29, 1.82) is 0 Å². The summed E-state index contributed by atoms with van der Waals surface area (Å²) in [5.74, 6) is -0.241. The molecule has 3 aromatic rings. The van der Waals surface area contributed by atoms with E-state index in [1.807, 2.05) is 18.2 Å².